The molecule has 2 heterocycles. The van der Waals surface area contributed by atoms with Crippen LogP contribution in [0.3, 0.4) is 0 Å². The molecular weight excluding hydrogens is 524 g/mol. The normalized spacial score (nSPS) is 18.0. The predicted octanol–water partition coefficient (Wildman–Crippen LogP) is 1.72. The number of amides is 3. The lowest BCUT2D eigenvalue weighted by Gasteiger charge is -2.35. The van der Waals surface area contributed by atoms with Gasteiger partial charge in [-0.1, -0.05) is 45.0 Å². The number of thiazole rings is 1. The number of nitrogens with one attached hydrogen (secondary N) is 2. The summed E-state index contributed by atoms with van der Waals surface area (Å²) in [5.74, 6) is -2.50. The molecule has 4 N–H and O–H groups in total. The molecule has 1 saturated heterocycles. The molecule has 2 aromatic rings. The van der Waals surface area contributed by atoms with Crippen molar-refractivity contribution in [3.8, 4) is 10.4 Å². The molecule has 3 amide bonds. The van der Waals surface area contributed by atoms with Gasteiger partial charge in [-0.05, 0) is 23.5 Å². The Morgan fingerprint density at radius 1 is 1.21 bits per heavy atom. The van der Waals surface area contributed by atoms with Crippen molar-refractivity contribution in [2.45, 2.75) is 65.3 Å². The Bertz CT molecular complexity index is 1180. The van der Waals surface area contributed by atoms with Crippen LogP contribution in [0.4, 0.5) is 0 Å². The summed E-state index contributed by atoms with van der Waals surface area (Å²) in [7, 11) is 0. The van der Waals surface area contributed by atoms with Crippen LogP contribution >= 0.6 is 11.3 Å². The Morgan fingerprint density at radius 2 is 1.90 bits per heavy atom. The van der Waals surface area contributed by atoms with Crippen molar-refractivity contribution in [2.24, 2.45) is 5.41 Å². The van der Waals surface area contributed by atoms with E-state index < -0.39 is 53.9 Å². The van der Waals surface area contributed by atoms with Gasteiger partial charge in [-0.25, -0.2) is 4.98 Å². The number of carbonyl (C=O) groups is 4. The number of carboxylic acid groups (broad SMARTS) is 1. The van der Waals surface area contributed by atoms with Crippen LogP contribution in [0.5, 0.6) is 0 Å². The number of aliphatic carboxylic acids is 1. The zero-order valence-corrected chi connectivity index (χ0v) is 23.4. The second-order valence-corrected chi connectivity index (χ2v) is 11.5. The fourth-order valence-electron chi connectivity index (χ4n) is 4.31. The fraction of sp³-hybridized carbons (Fsp3) is 0.519. The molecule has 39 heavy (non-hydrogen) atoms. The number of aryl methyl sites for hydroxylation is 1. The lowest BCUT2D eigenvalue weighted by Crippen LogP contribution is -2.58. The van der Waals surface area contributed by atoms with Gasteiger partial charge in [-0.3, -0.25) is 19.2 Å². The molecule has 0 bridgehead atoms. The number of hydrogen-bond acceptors (Lipinski definition) is 8. The monoisotopic (exact) mass is 560 g/mol. The first-order chi connectivity index (χ1) is 18.4. The first kappa shape index (κ1) is 30.2. The van der Waals surface area contributed by atoms with Gasteiger partial charge in [0.25, 0.3) is 0 Å². The number of carbonyl (C=O) groups excluding carboxylic acids is 3. The van der Waals surface area contributed by atoms with E-state index >= 15 is 0 Å². The van der Waals surface area contributed by atoms with Crippen LogP contribution in [0.2, 0.25) is 0 Å². The second-order valence-electron chi connectivity index (χ2n) is 10.6. The minimum absolute atomic E-state index is 0.0304. The van der Waals surface area contributed by atoms with Gasteiger partial charge in [0.2, 0.25) is 17.7 Å². The topological polar surface area (TPSA) is 158 Å². The van der Waals surface area contributed by atoms with Crippen molar-refractivity contribution >= 4 is 35.0 Å². The van der Waals surface area contributed by atoms with Gasteiger partial charge in [0.15, 0.2) is 0 Å². The summed E-state index contributed by atoms with van der Waals surface area (Å²) in [5, 5.41) is 24.5. The molecule has 3 atom stereocenters. The summed E-state index contributed by atoms with van der Waals surface area (Å²) < 4.78 is 5.09. The third kappa shape index (κ3) is 8.32. The molecule has 11 nitrogen and oxygen atoms in total. The lowest BCUT2D eigenvalue weighted by atomic mass is 9.85. The van der Waals surface area contributed by atoms with Crippen LogP contribution in [-0.2, 0) is 30.5 Å². The van der Waals surface area contributed by atoms with Gasteiger partial charge in [-0.15, -0.1) is 11.3 Å². The number of nitrogens with zero attached hydrogens (tertiary/aromatic N) is 2. The highest BCUT2D eigenvalue weighted by Gasteiger charge is 2.44. The summed E-state index contributed by atoms with van der Waals surface area (Å²) in [6, 6.07) is 5.91. The number of aliphatic hydroxyl groups excluding tert-OH is 1. The molecule has 0 spiro atoms. The third-order valence-electron chi connectivity index (χ3n) is 6.40. The molecule has 0 unspecified atom stereocenters. The first-order valence-electron chi connectivity index (χ1n) is 12.7. The van der Waals surface area contributed by atoms with E-state index in [1.165, 1.54) is 4.90 Å². The van der Waals surface area contributed by atoms with Crippen molar-refractivity contribution in [3.63, 3.8) is 0 Å². The predicted molar refractivity (Wildman–Crippen MR) is 145 cm³/mol. The van der Waals surface area contributed by atoms with Crippen molar-refractivity contribution in [3.05, 3.63) is 41.0 Å². The average Bonchev–Trinajstić information content (AvgIpc) is 3.48. The highest BCUT2D eigenvalue weighted by atomic mass is 32.1. The summed E-state index contributed by atoms with van der Waals surface area (Å²) >= 11 is 1.56. The van der Waals surface area contributed by atoms with E-state index in [9.17, 15) is 24.3 Å². The Morgan fingerprint density at radius 3 is 2.49 bits per heavy atom. The average molecular weight is 561 g/mol. The summed E-state index contributed by atoms with van der Waals surface area (Å²) in [6.45, 7) is 6.97. The zero-order chi connectivity index (χ0) is 28.7. The van der Waals surface area contributed by atoms with Crippen molar-refractivity contribution in [1.82, 2.24) is 20.5 Å². The Balaban J connectivity index is 1.62. The minimum atomic E-state index is -1.04. The van der Waals surface area contributed by atoms with Crippen LogP contribution in [0.15, 0.2) is 29.8 Å². The molecule has 3 rings (SSSR count). The molecular formula is C27H36N4O7S. The van der Waals surface area contributed by atoms with Crippen LogP contribution in [0, 0.1) is 12.3 Å². The molecule has 0 radical (unpaired) electrons. The van der Waals surface area contributed by atoms with Crippen LogP contribution in [0.1, 0.15) is 44.9 Å². The summed E-state index contributed by atoms with van der Waals surface area (Å²) in [5.41, 5.74) is 3.98. The van der Waals surface area contributed by atoms with Gasteiger partial charge in [0, 0.05) is 19.5 Å². The Labute approximate surface area is 231 Å². The number of aliphatic hydroxyl groups is 1. The smallest absolute Gasteiger partial charge is 0.305 e. The van der Waals surface area contributed by atoms with E-state index in [1.54, 1.807) is 37.6 Å². The molecule has 1 fully saturated rings. The van der Waals surface area contributed by atoms with E-state index in [0.717, 1.165) is 21.7 Å². The number of β-amino-alcohol motifs (C(OH)–C–C–N with tert-alkyl or cyclic N) is 1. The van der Waals surface area contributed by atoms with Crippen LogP contribution in [-0.4, -0.2) is 81.7 Å². The highest BCUT2D eigenvalue weighted by molar-refractivity contribution is 7.13. The van der Waals surface area contributed by atoms with Crippen LogP contribution in [0.25, 0.3) is 10.4 Å². The number of aromatic nitrogens is 1. The number of carboxylic acids is 1. The first-order valence-corrected chi connectivity index (χ1v) is 13.6. The maximum Gasteiger partial charge on any atom is 0.305 e. The van der Waals surface area contributed by atoms with Crippen molar-refractivity contribution < 1.29 is 34.1 Å². The Kier molecular flexibility index (Phi) is 10.2. The molecule has 0 aliphatic carbocycles. The second kappa shape index (κ2) is 13.1. The number of rotatable bonds is 11. The molecule has 0 saturated carbocycles. The highest BCUT2D eigenvalue weighted by Crippen LogP contribution is 2.28. The number of likely N-dealkylation sites (tertiary alicyclic amines) is 1. The maximum absolute atomic E-state index is 13.6. The van der Waals surface area contributed by atoms with Crippen molar-refractivity contribution in [1.29, 1.82) is 0 Å². The molecule has 1 aromatic carbocycles. The molecule has 1 aromatic heterocycles. The summed E-state index contributed by atoms with van der Waals surface area (Å²) in [6.07, 6.45) is -1.03. The lowest BCUT2D eigenvalue weighted by molar-refractivity contribution is -0.145. The van der Waals surface area contributed by atoms with Gasteiger partial charge >= 0.3 is 5.97 Å². The van der Waals surface area contributed by atoms with E-state index in [2.05, 4.69) is 15.6 Å². The van der Waals surface area contributed by atoms with Crippen LogP contribution < -0.4 is 10.6 Å². The maximum atomic E-state index is 13.6. The standard InChI is InChI=1S/C27H36N4O7S/c1-16-23(39-15-29-16)18-7-5-17(6-8-18)12-28-25(36)20-11-19(32)13-31(20)26(37)24(27(2,3)4)30-21(33)14-38-10-9-22(34)35/h5-8,15,19-20,24,32H,9-14H2,1-4H3,(H,28,36)(H,30,33)(H,34,35)/t19-,20+,24-/m1/s1. The largest absolute Gasteiger partial charge is 0.481 e. The molecule has 1 aliphatic rings. The van der Waals surface area contributed by atoms with E-state index in [4.69, 9.17) is 9.84 Å². The fourth-order valence-corrected chi connectivity index (χ4v) is 5.12. The number of ether oxygens (including phenoxy) is 1. The van der Waals surface area contributed by atoms with Gasteiger partial charge in [-0.2, -0.15) is 0 Å². The molecule has 1 aliphatic heterocycles. The van der Waals surface area contributed by atoms with E-state index in [0.29, 0.717) is 0 Å². The van der Waals surface area contributed by atoms with E-state index in [1.807, 2.05) is 31.2 Å². The molecule has 212 valence electrons. The quantitative estimate of drug-likeness (QED) is 0.303. The van der Waals surface area contributed by atoms with Gasteiger partial charge in [0.1, 0.15) is 18.7 Å². The summed E-state index contributed by atoms with van der Waals surface area (Å²) in [4.78, 5) is 56.4. The van der Waals surface area contributed by atoms with Gasteiger partial charge in [0.05, 0.1) is 35.2 Å². The number of benzene rings is 1. The van der Waals surface area contributed by atoms with E-state index in [-0.39, 0.29) is 32.5 Å². The molecule has 12 heteroatoms. The van der Waals surface area contributed by atoms with Gasteiger partial charge < -0.3 is 30.5 Å². The number of hydrogen-bond donors (Lipinski definition) is 4. The SMILES string of the molecule is Cc1ncsc1-c1ccc(CNC(=O)[C@@H]2C[C@@H](O)CN2C(=O)[C@@H](NC(=O)COCCC(=O)O)C(C)(C)C)cc1. The minimum Gasteiger partial charge on any atom is -0.481 e. The zero-order valence-electron chi connectivity index (χ0n) is 22.6. The van der Waals surface area contributed by atoms with Crippen molar-refractivity contribution in [2.75, 3.05) is 19.8 Å². The Hall–Kier alpha value is -3.35. The third-order valence-corrected chi connectivity index (χ3v) is 7.38.